The maximum atomic E-state index is 13.4. The Morgan fingerprint density at radius 2 is 2.14 bits per heavy atom. The molecule has 0 spiro atoms. The number of nitrogens with one attached hydrogen (secondary N) is 1. The van der Waals surface area contributed by atoms with Gasteiger partial charge in [0, 0.05) is 5.02 Å². The molecule has 0 bridgehead atoms. The number of amides is 1. The maximum Gasteiger partial charge on any atom is 0.257 e. The number of benzene rings is 2. The van der Waals surface area contributed by atoms with Gasteiger partial charge in [-0.15, -0.1) is 0 Å². The predicted molar refractivity (Wildman–Crippen MR) is 81.4 cm³/mol. The van der Waals surface area contributed by atoms with Gasteiger partial charge in [-0.2, -0.15) is 0 Å². The number of anilines is 2. The van der Waals surface area contributed by atoms with Gasteiger partial charge in [0.2, 0.25) is 0 Å². The van der Waals surface area contributed by atoms with Crippen molar-refractivity contribution in [2.75, 3.05) is 17.7 Å². The first-order valence-corrected chi connectivity index (χ1v) is 6.68. The zero-order valence-corrected chi connectivity index (χ0v) is 12.1. The lowest BCUT2D eigenvalue weighted by molar-refractivity contribution is 0.102. The number of halogens is 2. The molecular formula is C15H14ClFN2O2. The molecule has 4 nitrogen and oxygen atoms in total. The second-order valence-electron chi connectivity index (χ2n) is 4.23. The fourth-order valence-corrected chi connectivity index (χ4v) is 1.98. The van der Waals surface area contributed by atoms with Crippen molar-refractivity contribution in [3.05, 3.63) is 52.8 Å². The predicted octanol–water partition coefficient (Wildman–Crippen LogP) is 3.71. The van der Waals surface area contributed by atoms with Crippen LogP contribution in [-0.2, 0) is 0 Å². The number of carbonyl (C=O) groups excluding carboxylic acids is 1. The second-order valence-corrected chi connectivity index (χ2v) is 4.67. The lowest BCUT2D eigenvalue weighted by atomic mass is 10.1. The molecule has 0 aliphatic heterocycles. The smallest absolute Gasteiger partial charge is 0.257 e. The van der Waals surface area contributed by atoms with Crippen LogP contribution < -0.4 is 15.8 Å². The molecule has 0 atom stereocenters. The molecule has 21 heavy (non-hydrogen) atoms. The highest BCUT2D eigenvalue weighted by Gasteiger charge is 2.15. The Kier molecular flexibility index (Phi) is 4.65. The summed E-state index contributed by atoms with van der Waals surface area (Å²) >= 11 is 5.91. The van der Waals surface area contributed by atoms with Crippen LogP contribution in [0.2, 0.25) is 5.02 Å². The molecule has 0 saturated carbocycles. The van der Waals surface area contributed by atoms with Crippen LogP contribution >= 0.6 is 11.6 Å². The number of nitrogens with two attached hydrogens (primary N) is 1. The Bertz CT molecular complexity index is 677. The standard InChI is InChI=1S/C15H14ClFN2O2/c1-2-21-13-7-6-9(16)8-12(13)19-15(20)10-4-3-5-11(17)14(10)18/h3-8H,2,18H2,1H3,(H,19,20). The molecule has 0 aromatic heterocycles. The van der Waals surface area contributed by atoms with E-state index in [-0.39, 0.29) is 11.3 Å². The number of nitrogen functional groups attached to an aromatic ring is 1. The van der Waals surface area contributed by atoms with Gasteiger partial charge in [-0.3, -0.25) is 4.79 Å². The van der Waals surface area contributed by atoms with E-state index < -0.39 is 11.7 Å². The molecule has 0 aliphatic rings. The number of para-hydroxylation sites is 1. The third-order valence-electron chi connectivity index (χ3n) is 2.79. The number of carbonyl (C=O) groups is 1. The highest BCUT2D eigenvalue weighted by Crippen LogP contribution is 2.29. The summed E-state index contributed by atoms with van der Waals surface area (Å²) in [5.41, 5.74) is 5.83. The van der Waals surface area contributed by atoms with Gasteiger partial charge in [0.1, 0.15) is 11.6 Å². The van der Waals surface area contributed by atoms with Crippen molar-refractivity contribution in [3.8, 4) is 5.75 Å². The summed E-state index contributed by atoms with van der Waals surface area (Å²) in [5.74, 6) is -0.695. The molecule has 110 valence electrons. The van der Waals surface area contributed by atoms with E-state index in [2.05, 4.69) is 5.32 Å². The molecule has 2 rings (SSSR count). The summed E-state index contributed by atoms with van der Waals surface area (Å²) in [6.45, 7) is 2.26. The minimum atomic E-state index is -0.640. The molecular weight excluding hydrogens is 295 g/mol. The molecule has 0 radical (unpaired) electrons. The normalized spacial score (nSPS) is 10.2. The van der Waals surface area contributed by atoms with Crippen molar-refractivity contribution >= 4 is 28.9 Å². The van der Waals surface area contributed by atoms with Crippen molar-refractivity contribution in [2.24, 2.45) is 0 Å². The minimum Gasteiger partial charge on any atom is -0.492 e. The van der Waals surface area contributed by atoms with Gasteiger partial charge in [0.15, 0.2) is 0 Å². The van der Waals surface area contributed by atoms with Gasteiger partial charge in [-0.25, -0.2) is 4.39 Å². The fourth-order valence-electron chi connectivity index (χ4n) is 1.81. The van der Waals surface area contributed by atoms with Gasteiger partial charge in [-0.1, -0.05) is 17.7 Å². The van der Waals surface area contributed by atoms with Crippen molar-refractivity contribution in [1.29, 1.82) is 0 Å². The van der Waals surface area contributed by atoms with Gasteiger partial charge < -0.3 is 15.8 Å². The Morgan fingerprint density at radius 3 is 2.86 bits per heavy atom. The molecule has 0 aliphatic carbocycles. The molecule has 1 amide bonds. The first kappa shape index (κ1) is 15.1. The van der Waals surface area contributed by atoms with Crippen molar-refractivity contribution < 1.29 is 13.9 Å². The lowest BCUT2D eigenvalue weighted by Gasteiger charge is -2.13. The van der Waals surface area contributed by atoms with Crippen LogP contribution in [0.25, 0.3) is 0 Å². The first-order valence-electron chi connectivity index (χ1n) is 6.30. The van der Waals surface area contributed by atoms with Crippen LogP contribution in [0.15, 0.2) is 36.4 Å². The molecule has 0 saturated heterocycles. The van der Waals surface area contributed by atoms with Crippen molar-refractivity contribution in [1.82, 2.24) is 0 Å². The number of hydrogen-bond acceptors (Lipinski definition) is 3. The Labute approximate surface area is 126 Å². The quantitative estimate of drug-likeness (QED) is 0.846. The molecule has 2 aromatic carbocycles. The van der Waals surface area contributed by atoms with E-state index in [1.54, 1.807) is 18.2 Å². The van der Waals surface area contributed by atoms with Gasteiger partial charge in [-0.05, 0) is 37.3 Å². The van der Waals surface area contributed by atoms with Crippen LogP contribution in [0.5, 0.6) is 5.75 Å². The number of ether oxygens (including phenoxy) is 1. The number of rotatable bonds is 4. The van der Waals surface area contributed by atoms with E-state index in [0.29, 0.717) is 23.1 Å². The highest BCUT2D eigenvalue weighted by molar-refractivity contribution is 6.31. The molecule has 0 heterocycles. The topological polar surface area (TPSA) is 64.3 Å². The van der Waals surface area contributed by atoms with Crippen LogP contribution in [0, 0.1) is 5.82 Å². The summed E-state index contributed by atoms with van der Waals surface area (Å²) in [6, 6.07) is 8.91. The summed E-state index contributed by atoms with van der Waals surface area (Å²) in [6.07, 6.45) is 0. The van der Waals surface area contributed by atoms with Gasteiger partial charge >= 0.3 is 0 Å². The van der Waals surface area contributed by atoms with Crippen molar-refractivity contribution in [2.45, 2.75) is 6.92 Å². The fraction of sp³-hybridized carbons (Fsp3) is 0.133. The van der Waals surface area contributed by atoms with Crippen molar-refractivity contribution in [3.63, 3.8) is 0 Å². The molecule has 6 heteroatoms. The summed E-state index contributed by atoms with van der Waals surface area (Å²) in [4.78, 5) is 12.2. The Balaban J connectivity index is 2.31. The third-order valence-corrected chi connectivity index (χ3v) is 3.02. The zero-order chi connectivity index (χ0) is 15.4. The SMILES string of the molecule is CCOc1ccc(Cl)cc1NC(=O)c1cccc(F)c1N. The van der Waals surface area contributed by atoms with Gasteiger partial charge in [0.25, 0.3) is 5.91 Å². The van der Waals surface area contributed by atoms with E-state index in [1.807, 2.05) is 6.92 Å². The monoisotopic (exact) mass is 308 g/mol. The van der Waals surface area contributed by atoms with E-state index in [1.165, 1.54) is 18.2 Å². The van der Waals surface area contributed by atoms with Crippen LogP contribution in [0.3, 0.4) is 0 Å². The average Bonchev–Trinajstić information content (AvgIpc) is 2.45. The molecule has 0 unspecified atom stereocenters. The molecule has 0 fully saturated rings. The lowest BCUT2D eigenvalue weighted by Crippen LogP contribution is -2.15. The van der Waals surface area contributed by atoms with Crippen LogP contribution in [0.1, 0.15) is 17.3 Å². The maximum absolute atomic E-state index is 13.4. The summed E-state index contributed by atoms with van der Waals surface area (Å²) < 4.78 is 18.8. The third kappa shape index (κ3) is 3.44. The second kappa shape index (κ2) is 6.45. The van der Waals surface area contributed by atoms with E-state index in [4.69, 9.17) is 22.1 Å². The van der Waals surface area contributed by atoms with E-state index in [0.717, 1.165) is 0 Å². The van der Waals surface area contributed by atoms with Crippen LogP contribution in [0.4, 0.5) is 15.8 Å². The Hall–Kier alpha value is -2.27. The first-order chi connectivity index (χ1) is 10.0. The molecule has 2 aromatic rings. The largest absolute Gasteiger partial charge is 0.492 e. The minimum absolute atomic E-state index is 0.0532. The number of hydrogen-bond donors (Lipinski definition) is 2. The van der Waals surface area contributed by atoms with E-state index in [9.17, 15) is 9.18 Å². The highest BCUT2D eigenvalue weighted by atomic mass is 35.5. The van der Waals surface area contributed by atoms with E-state index >= 15 is 0 Å². The Morgan fingerprint density at radius 1 is 1.38 bits per heavy atom. The molecule has 3 N–H and O–H groups in total. The summed E-state index contributed by atoms with van der Waals surface area (Å²) in [7, 11) is 0. The zero-order valence-electron chi connectivity index (χ0n) is 11.3. The average molecular weight is 309 g/mol. The van der Waals surface area contributed by atoms with Crippen LogP contribution in [-0.4, -0.2) is 12.5 Å². The van der Waals surface area contributed by atoms with Gasteiger partial charge in [0.05, 0.1) is 23.5 Å². The summed E-state index contributed by atoms with van der Waals surface area (Å²) in [5, 5.41) is 3.07.